The highest BCUT2D eigenvalue weighted by Crippen LogP contribution is 2.31. The molecular weight excluding hydrogens is 417 g/mol. The number of H-pyrrole nitrogens is 1. The predicted octanol–water partition coefficient (Wildman–Crippen LogP) is 5.19. The summed E-state index contributed by atoms with van der Waals surface area (Å²) in [5.74, 6) is -0.350. The van der Waals surface area contributed by atoms with Gasteiger partial charge in [0, 0.05) is 28.7 Å². The maximum Gasteiger partial charge on any atom is 0.224 e. The number of fused-ring (bicyclic) bond motifs is 1. The first kappa shape index (κ1) is 20.6. The number of aryl methyl sites for hydroxylation is 1. The second-order valence-electron chi connectivity index (χ2n) is 7.83. The Hall–Kier alpha value is -4.26. The molecule has 0 unspecified atom stereocenters. The lowest BCUT2D eigenvalue weighted by Crippen LogP contribution is -2.14. The lowest BCUT2D eigenvalue weighted by Gasteiger charge is -2.11. The van der Waals surface area contributed by atoms with Gasteiger partial charge in [0.15, 0.2) is 0 Å². The Kier molecular flexibility index (Phi) is 5.68. The molecule has 0 bridgehead atoms. The number of aromatic amines is 1. The van der Waals surface area contributed by atoms with Crippen molar-refractivity contribution in [3.63, 3.8) is 0 Å². The average molecular weight is 439 g/mol. The highest BCUT2D eigenvalue weighted by atomic mass is 19.1. The number of amides is 1. The minimum Gasteiger partial charge on any atom is -0.354 e. The fourth-order valence-corrected chi connectivity index (χ4v) is 4.04. The van der Waals surface area contributed by atoms with Gasteiger partial charge in [-0.2, -0.15) is 5.10 Å². The summed E-state index contributed by atoms with van der Waals surface area (Å²) in [5, 5.41) is 8.25. The number of hydrogen-bond acceptors (Lipinski definition) is 3. The number of nitrogens with zero attached hydrogens (tertiary/aromatic N) is 3. The number of para-hydroxylation sites is 2. The Balaban J connectivity index is 1.36. The van der Waals surface area contributed by atoms with Gasteiger partial charge >= 0.3 is 0 Å². The van der Waals surface area contributed by atoms with Crippen molar-refractivity contribution in [1.29, 1.82) is 0 Å². The van der Waals surface area contributed by atoms with Gasteiger partial charge in [-0.25, -0.2) is 14.1 Å². The molecule has 0 saturated heterocycles. The van der Waals surface area contributed by atoms with Crippen LogP contribution in [0, 0.1) is 5.82 Å². The summed E-state index contributed by atoms with van der Waals surface area (Å²) in [6, 6.07) is 22.1. The van der Waals surface area contributed by atoms with Crippen LogP contribution in [0.1, 0.15) is 17.5 Å². The van der Waals surface area contributed by atoms with E-state index in [-0.39, 0.29) is 11.7 Å². The lowest BCUT2D eigenvalue weighted by atomic mass is 10.0. The van der Waals surface area contributed by atoms with Gasteiger partial charge in [0.05, 0.1) is 6.54 Å². The van der Waals surface area contributed by atoms with Crippen LogP contribution in [0.5, 0.6) is 0 Å². The molecule has 0 aliphatic carbocycles. The second kappa shape index (κ2) is 9.08. The van der Waals surface area contributed by atoms with Crippen molar-refractivity contribution in [2.45, 2.75) is 19.4 Å². The van der Waals surface area contributed by atoms with Crippen molar-refractivity contribution in [2.24, 2.45) is 0 Å². The highest BCUT2D eigenvalue weighted by Gasteiger charge is 2.15. The van der Waals surface area contributed by atoms with E-state index >= 15 is 0 Å². The number of benzene rings is 3. The lowest BCUT2D eigenvalue weighted by molar-refractivity contribution is -0.116. The topological polar surface area (TPSA) is 75.6 Å². The van der Waals surface area contributed by atoms with E-state index in [1.807, 2.05) is 48.5 Å². The highest BCUT2D eigenvalue weighted by molar-refractivity contribution is 5.94. The molecule has 2 N–H and O–H groups in total. The van der Waals surface area contributed by atoms with Gasteiger partial charge in [-0.15, -0.1) is 0 Å². The summed E-state index contributed by atoms with van der Waals surface area (Å²) < 4.78 is 15.2. The van der Waals surface area contributed by atoms with Crippen molar-refractivity contribution in [3.05, 3.63) is 102 Å². The molecule has 1 amide bonds. The molecule has 3 aromatic carbocycles. The van der Waals surface area contributed by atoms with Gasteiger partial charge in [0.2, 0.25) is 5.91 Å². The summed E-state index contributed by atoms with van der Waals surface area (Å²) in [6.45, 7) is 0.521. The number of anilines is 1. The van der Waals surface area contributed by atoms with Crippen molar-refractivity contribution in [3.8, 4) is 11.3 Å². The van der Waals surface area contributed by atoms with Crippen LogP contribution in [-0.4, -0.2) is 25.7 Å². The number of nitrogens with one attached hydrogen (secondary N) is 2. The van der Waals surface area contributed by atoms with E-state index in [1.165, 1.54) is 18.5 Å². The normalized spacial score (nSPS) is 11.1. The Morgan fingerprint density at radius 1 is 1.00 bits per heavy atom. The van der Waals surface area contributed by atoms with Crippen molar-refractivity contribution in [2.75, 3.05) is 5.32 Å². The van der Waals surface area contributed by atoms with E-state index in [0.29, 0.717) is 19.4 Å². The van der Waals surface area contributed by atoms with Crippen molar-refractivity contribution < 1.29 is 9.18 Å². The molecule has 0 spiro atoms. The summed E-state index contributed by atoms with van der Waals surface area (Å²) in [7, 11) is 0. The van der Waals surface area contributed by atoms with E-state index in [2.05, 4.69) is 20.4 Å². The minimum atomic E-state index is -0.277. The molecule has 5 aromatic rings. The van der Waals surface area contributed by atoms with E-state index in [4.69, 9.17) is 0 Å². The number of carbonyl (C=O) groups excluding carboxylic acids is 1. The molecule has 33 heavy (non-hydrogen) atoms. The Morgan fingerprint density at radius 2 is 1.79 bits per heavy atom. The summed E-state index contributed by atoms with van der Waals surface area (Å²) in [6.07, 6.45) is 4.00. The maximum atomic E-state index is 13.4. The molecule has 0 atom stereocenters. The standard InChI is InChI=1S/C26H22FN5O/c27-20-11-9-18(10-12-20)26-22(21-6-2-4-8-24(21)31-26)13-14-25(33)30-23-7-3-1-5-19(23)15-32-17-28-16-29-32/h1-12,16-17,31H,13-15H2,(H,30,33). The zero-order valence-electron chi connectivity index (χ0n) is 17.8. The third kappa shape index (κ3) is 4.52. The zero-order chi connectivity index (χ0) is 22.6. The van der Waals surface area contributed by atoms with Crippen molar-refractivity contribution >= 4 is 22.5 Å². The molecule has 2 aromatic heterocycles. The average Bonchev–Trinajstić information content (AvgIpc) is 3.47. The molecule has 0 radical (unpaired) electrons. The Bertz CT molecular complexity index is 1390. The Morgan fingerprint density at radius 3 is 2.61 bits per heavy atom. The third-order valence-electron chi connectivity index (χ3n) is 5.64. The van der Waals surface area contributed by atoms with Gasteiger partial charge in [-0.1, -0.05) is 36.4 Å². The van der Waals surface area contributed by atoms with Crippen LogP contribution >= 0.6 is 0 Å². The quantitative estimate of drug-likeness (QED) is 0.367. The molecule has 2 heterocycles. The molecule has 0 fully saturated rings. The van der Waals surface area contributed by atoms with Crippen LogP contribution in [-0.2, 0) is 17.8 Å². The predicted molar refractivity (Wildman–Crippen MR) is 126 cm³/mol. The van der Waals surface area contributed by atoms with E-state index in [9.17, 15) is 9.18 Å². The smallest absolute Gasteiger partial charge is 0.224 e. The minimum absolute atomic E-state index is 0.0728. The van der Waals surface area contributed by atoms with Gasteiger partial charge < -0.3 is 10.3 Å². The van der Waals surface area contributed by atoms with Gasteiger partial charge in [0.1, 0.15) is 18.5 Å². The zero-order valence-corrected chi connectivity index (χ0v) is 17.8. The first-order chi connectivity index (χ1) is 16.2. The summed E-state index contributed by atoms with van der Waals surface area (Å²) in [4.78, 5) is 20.3. The van der Waals surface area contributed by atoms with Gasteiger partial charge in [-0.05, 0) is 59.5 Å². The fraction of sp³-hybridized carbons (Fsp3) is 0.115. The van der Waals surface area contributed by atoms with Crippen LogP contribution in [0.2, 0.25) is 0 Å². The van der Waals surface area contributed by atoms with Crippen molar-refractivity contribution in [1.82, 2.24) is 19.7 Å². The number of rotatable bonds is 7. The van der Waals surface area contributed by atoms with Gasteiger partial charge in [0.25, 0.3) is 0 Å². The van der Waals surface area contributed by atoms with E-state index in [0.717, 1.165) is 39.0 Å². The number of halogens is 1. The first-order valence-corrected chi connectivity index (χ1v) is 10.7. The molecule has 164 valence electrons. The van der Waals surface area contributed by atoms with Gasteiger partial charge in [-0.3, -0.25) is 4.79 Å². The fourth-order valence-electron chi connectivity index (χ4n) is 4.04. The summed E-state index contributed by atoms with van der Waals surface area (Å²) >= 11 is 0. The number of hydrogen-bond donors (Lipinski definition) is 2. The Labute approximate surface area is 190 Å². The van der Waals surface area contributed by atoms with Crippen LogP contribution in [0.15, 0.2) is 85.5 Å². The SMILES string of the molecule is O=C(CCc1c(-c2ccc(F)cc2)[nH]c2ccccc12)Nc1ccccc1Cn1cncn1. The van der Waals surface area contributed by atoms with Crippen LogP contribution in [0.3, 0.4) is 0 Å². The number of aromatic nitrogens is 4. The molecule has 5 rings (SSSR count). The maximum absolute atomic E-state index is 13.4. The van der Waals surface area contributed by atoms with Crippen LogP contribution in [0.4, 0.5) is 10.1 Å². The molecule has 0 aliphatic heterocycles. The monoisotopic (exact) mass is 439 g/mol. The molecule has 7 heteroatoms. The molecule has 0 aliphatic rings. The number of carbonyl (C=O) groups is 1. The summed E-state index contributed by atoms with van der Waals surface area (Å²) in [5.41, 5.74) is 5.55. The van der Waals surface area contributed by atoms with E-state index < -0.39 is 0 Å². The second-order valence-corrected chi connectivity index (χ2v) is 7.83. The molecule has 0 saturated carbocycles. The van der Waals surface area contributed by atoms with E-state index in [1.54, 1.807) is 23.1 Å². The van der Waals surface area contributed by atoms with Crippen LogP contribution < -0.4 is 5.32 Å². The largest absolute Gasteiger partial charge is 0.354 e. The van der Waals surface area contributed by atoms with Crippen LogP contribution in [0.25, 0.3) is 22.2 Å². The first-order valence-electron chi connectivity index (χ1n) is 10.7. The molecular formula is C26H22FN5O. The third-order valence-corrected chi connectivity index (χ3v) is 5.64. The molecule has 6 nitrogen and oxygen atoms in total.